The van der Waals surface area contributed by atoms with Crippen LogP contribution in [0.2, 0.25) is 15.1 Å². The minimum absolute atomic E-state index is 0.445. The van der Waals surface area contributed by atoms with Gasteiger partial charge < -0.3 is 11.5 Å². The first kappa shape index (κ1) is 14.0. The van der Waals surface area contributed by atoms with E-state index < -0.39 is 0 Å². The quantitative estimate of drug-likeness (QED) is 0.702. The van der Waals surface area contributed by atoms with E-state index in [4.69, 9.17) is 46.3 Å². The number of nitrogen functional groups attached to an aromatic ring is 2. The summed E-state index contributed by atoms with van der Waals surface area (Å²) in [7, 11) is 0. The van der Waals surface area contributed by atoms with Crippen LogP contribution in [0.25, 0.3) is 0 Å². The second kappa shape index (κ2) is 6.60. The first-order valence-corrected chi connectivity index (χ1v) is 5.85. The number of anilines is 2. The van der Waals surface area contributed by atoms with Gasteiger partial charge >= 0.3 is 0 Å². The van der Waals surface area contributed by atoms with E-state index in [9.17, 15) is 0 Å². The van der Waals surface area contributed by atoms with E-state index in [0.29, 0.717) is 26.4 Å². The molecule has 0 spiro atoms. The van der Waals surface area contributed by atoms with Gasteiger partial charge in [-0.2, -0.15) is 0 Å². The molecule has 5 heteroatoms. The van der Waals surface area contributed by atoms with E-state index in [1.165, 1.54) is 0 Å². The van der Waals surface area contributed by atoms with Crippen LogP contribution < -0.4 is 11.5 Å². The molecule has 0 aliphatic heterocycles. The summed E-state index contributed by atoms with van der Waals surface area (Å²) in [6.45, 7) is 0. The molecule has 0 aliphatic carbocycles. The Kier molecular flexibility index (Phi) is 5.42. The van der Waals surface area contributed by atoms with Gasteiger partial charge in [-0.3, -0.25) is 0 Å². The molecule has 0 bridgehead atoms. The highest BCUT2D eigenvalue weighted by atomic mass is 35.5. The predicted molar refractivity (Wildman–Crippen MR) is 76.7 cm³/mol. The Labute approximate surface area is 115 Å². The lowest BCUT2D eigenvalue weighted by atomic mass is 10.3. The molecule has 2 aromatic rings. The second-order valence-corrected chi connectivity index (χ2v) is 4.38. The normalized spacial score (nSPS) is 9.35. The molecule has 0 fully saturated rings. The summed E-state index contributed by atoms with van der Waals surface area (Å²) in [6.07, 6.45) is 0. The molecule has 0 radical (unpaired) electrons. The van der Waals surface area contributed by atoms with Crippen molar-refractivity contribution in [3.63, 3.8) is 0 Å². The third-order valence-electron chi connectivity index (χ3n) is 1.90. The Morgan fingerprint density at radius 2 is 1.12 bits per heavy atom. The van der Waals surface area contributed by atoms with Gasteiger partial charge in [0.05, 0.1) is 26.4 Å². The number of halogens is 3. The van der Waals surface area contributed by atoms with Crippen molar-refractivity contribution < 1.29 is 0 Å². The van der Waals surface area contributed by atoms with Crippen molar-refractivity contribution in [1.82, 2.24) is 0 Å². The maximum atomic E-state index is 5.60. The average molecular weight is 290 g/mol. The number of hydrogen-bond donors (Lipinski definition) is 2. The molecule has 2 nitrogen and oxygen atoms in total. The summed E-state index contributed by atoms with van der Waals surface area (Å²) < 4.78 is 0. The minimum atomic E-state index is 0.445. The van der Waals surface area contributed by atoms with E-state index >= 15 is 0 Å². The fourth-order valence-electron chi connectivity index (χ4n) is 0.986. The Bertz CT molecular complexity index is 460. The summed E-state index contributed by atoms with van der Waals surface area (Å²) in [5, 5.41) is 1.62. The molecule has 0 atom stereocenters. The van der Waals surface area contributed by atoms with Crippen LogP contribution in [0.3, 0.4) is 0 Å². The second-order valence-electron chi connectivity index (χ2n) is 3.16. The Hall–Kier alpha value is -1.09. The summed E-state index contributed by atoms with van der Waals surface area (Å²) in [4.78, 5) is 0. The molecular formula is C12H11Cl3N2. The molecule has 2 rings (SSSR count). The smallest absolute Gasteiger partial charge is 0.0692 e. The fraction of sp³-hybridized carbons (Fsp3) is 0. The molecule has 0 heterocycles. The number of benzene rings is 2. The zero-order valence-corrected chi connectivity index (χ0v) is 11.1. The Morgan fingerprint density at radius 3 is 1.47 bits per heavy atom. The summed E-state index contributed by atoms with van der Waals surface area (Å²) in [5.74, 6) is 0. The third-order valence-corrected chi connectivity index (χ3v) is 2.91. The largest absolute Gasteiger partial charge is 0.398 e. The molecule has 0 saturated carbocycles. The highest BCUT2D eigenvalue weighted by molar-refractivity contribution is 6.38. The van der Waals surface area contributed by atoms with E-state index in [-0.39, 0.29) is 0 Å². The van der Waals surface area contributed by atoms with Crippen molar-refractivity contribution in [3.05, 3.63) is 57.5 Å². The van der Waals surface area contributed by atoms with Gasteiger partial charge in [0.1, 0.15) is 0 Å². The van der Waals surface area contributed by atoms with Crippen LogP contribution >= 0.6 is 34.8 Å². The molecule has 0 aliphatic rings. The highest BCUT2D eigenvalue weighted by Crippen LogP contribution is 2.25. The first-order chi connectivity index (χ1) is 8.02. The number of rotatable bonds is 0. The van der Waals surface area contributed by atoms with Crippen LogP contribution in [0.5, 0.6) is 0 Å². The van der Waals surface area contributed by atoms with E-state index in [1.807, 2.05) is 12.1 Å². The molecular weight excluding hydrogens is 279 g/mol. The highest BCUT2D eigenvalue weighted by Gasteiger charge is 1.97. The number of nitrogens with two attached hydrogens (primary N) is 2. The van der Waals surface area contributed by atoms with Crippen LogP contribution in [0.1, 0.15) is 0 Å². The summed E-state index contributed by atoms with van der Waals surface area (Å²) in [6, 6.07) is 12.4. The van der Waals surface area contributed by atoms with Crippen molar-refractivity contribution >= 4 is 46.2 Å². The standard InChI is InChI=1S/C6H5Cl2N.C6H6ClN/c7-4-2-1-3-5(8)6(4)9;7-5-3-1-2-4-6(5)8/h1-3H,9H2;1-4H,8H2. The molecule has 90 valence electrons. The van der Waals surface area contributed by atoms with Crippen LogP contribution in [0, 0.1) is 0 Å². The fourth-order valence-corrected chi connectivity index (χ4v) is 1.52. The Morgan fingerprint density at radius 1 is 0.647 bits per heavy atom. The van der Waals surface area contributed by atoms with Crippen LogP contribution in [-0.4, -0.2) is 0 Å². The predicted octanol–water partition coefficient (Wildman–Crippen LogP) is 4.50. The third kappa shape index (κ3) is 4.35. The molecule has 0 saturated heterocycles. The van der Waals surface area contributed by atoms with Gasteiger partial charge in [-0.1, -0.05) is 53.0 Å². The molecule has 4 N–H and O–H groups in total. The lowest BCUT2D eigenvalue weighted by molar-refractivity contribution is 1.68. The maximum absolute atomic E-state index is 5.60. The summed E-state index contributed by atoms with van der Waals surface area (Å²) >= 11 is 16.8. The first-order valence-electron chi connectivity index (χ1n) is 4.72. The molecule has 0 unspecified atom stereocenters. The minimum Gasteiger partial charge on any atom is -0.398 e. The summed E-state index contributed by atoms with van der Waals surface area (Å²) in [5.41, 5.74) is 11.9. The Balaban J connectivity index is 0.000000171. The van der Waals surface area contributed by atoms with Crippen molar-refractivity contribution in [2.24, 2.45) is 0 Å². The monoisotopic (exact) mass is 288 g/mol. The van der Waals surface area contributed by atoms with Crippen molar-refractivity contribution in [1.29, 1.82) is 0 Å². The van der Waals surface area contributed by atoms with Crippen LogP contribution in [0.15, 0.2) is 42.5 Å². The van der Waals surface area contributed by atoms with Gasteiger partial charge in [0.25, 0.3) is 0 Å². The lowest BCUT2D eigenvalue weighted by Gasteiger charge is -1.96. The van der Waals surface area contributed by atoms with E-state index in [2.05, 4.69) is 0 Å². The van der Waals surface area contributed by atoms with Gasteiger partial charge in [-0.25, -0.2) is 0 Å². The number of para-hydroxylation sites is 2. The van der Waals surface area contributed by atoms with Gasteiger partial charge in [0, 0.05) is 0 Å². The molecule has 0 amide bonds. The van der Waals surface area contributed by atoms with Crippen LogP contribution in [0.4, 0.5) is 11.4 Å². The molecule has 2 aromatic carbocycles. The van der Waals surface area contributed by atoms with Crippen molar-refractivity contribution in [2.45, 2.75) is 0 Å². The van der Waals surface area contributed by atoms with E-state index in [0.717, 1.165) is 0 Å². The van der Waals surface area contributed by atoms with Crippen molar-refractivity contribution in [2.75, 3.05) is 11.5 Å². The zero-order chi connectivity index (χ0) is 12.8. The van der Waals surface area contributed by atoms with Gasteiger partial charge in [0.2, 0.25) is 0 Å². The zero-order valence-electron chi connectivity index (χ0n) is 8.83. The SMILES string of the molecule is Nc1c(Cl)cccc1Cl.Nc1ccccc1Cl. The molecule has 0 aromatic heterocycles. The van der Waals surface area contributed by atoms with Crippen LogP contribution in [-0.2, 0) is 0 Å². The van der Waals surface area contributed by atoms with Gasteiger partial charge in [-0.05, 0) is 24.3 Å². The van der Waals surface area contributed by atoms with E-state index in [1.54, 1.807) is 30.3 Å². The topological polar surface area (TPSA) is 52.0 Å². The number of hydrogen-bond acceptors (Lipinski definition) is 2. The average Bonchev–Trinajstić information content (AvgIpc) is 2.31. The lowest BCUT2D eigenvalue weighted by Crippen LogP contribution is -1.85. The molecule has 17 heavy (non-hydrogen) atoms. The maximum Gasteiger partial charge on any atom is 0.0692 e. The van der Waals surface area contributed by atoms with Gasteiger partial charge in [-0.15, -0.1) is 0 Å². The van der Waals surface area contributed by atoms with Crippen molar-refractivity contribution in [3.8, 4) is 0 Å². The van der Waals surface area contributed by atoms with Gasteiger partial charge in [0.15, 0.2) is 0 Å².